The third kappa shape index (κ3) is 6.71. The second kappa shape index (κ2) is 12.6. The quantitative estimate of drug-likeness (QED) is 0.206. The van der Waals surface area contributed by atoms with Crippen molar-refractivity contribution in [3.8, 4) is 16.9 Å². The smallest absolute Gasteiger partial charge is 0.323 e. The summed E-state index contributed by atoms with van der Waals surface area (Å²) in [6.45, 7) is 8.50. The molecular weight excluding hydrogens is 526 g/mol. The largest absolute Gasteiger partial charge is 0.495 e. The first kappa shape index (κ1) is 29.1. The molecule has 5 rings (SSSR count). The highest BCUT2D eigenvalue weighted by Crippen LogP contribution is 2.34. The summed E-state index contributed by atoms with van der Waals surface area (Å²) in [5.41, 5.74) is 5.10. The number of benzene rings is 3. The average Bonchev–Trinajstić information content (AvgIpc) is 3.00. The Kier molecular flexibility index (Phi) is 8.73. The summed E-state index contributed by atoms with van der Waals surface area (Å²) in [7, 11) is 1.59. The second-order valence-electron chi connectivity index (χ2n) is 11.7. The number of hydrogen-bond donors (Lipinski definition) is 4. The summed E-state index contributed by atoms with van der Waals surface area (Å²) < 4.78 is 5.49. The van der Waals surface area contributed by atoms with Gasteiger partial charge in [-0.25, -0.2) is 4.79 Å². The minimum Gasteiger partial charge on any atom is -0.495 e. The molecule has 3 aromatic carbocycles. The summed E-state index contributed by atoms with van der Waals surface area (Å²) in [5.74, 6) is 0.695. The van der Waals surface area contributed by atoms with Gasteiger partial charge >= 0.3 is 6.03 Å². The number of methoxy groups -OCH3 is 1. The normalized spacial score (nSPS) is 15.2. The zero-order valence-corrected chi connectivity index (χ0v) is 24.7. The van der Waals surface area contributed by atoms with Gasteiger partial charge in [-0.3, -0.25) is 9.78 Å². The van der Waals surface area contributed by atoms with Crippen LogP contribution in [0.2, 0.25) is 0 Å². The molecule has 1 aliphatic rings. The van der Waals surface area contributed by atoms with E-state index in [-0.39, 0.29) is 23.3 Å². The lowest BCUT2D eigenvalue weighted by molar-refractivity contribution is -0.125. The highest BCUT2D eigenvalue weighted by Gasteiger charge is 2.21. The first-order valence-corrected chi connectivity index (χ1v) is 14.4. The minimum atomic E-state index is -0.352. The number of hydrogen-bond acceptors (Lipinski definition) is 5. The van der Waals surface area contributed by atoms with Crippen molar-refractivity contribution < 1.29 is 14.3 Å². The van der Waals surface area contributed by atoms with Crippen LogP contribution in [-0.2, 0) is 16.8 Å². The highest BCUT2D eigenvalue weighted by atomic mass is 16.5. The van der Waals surface area contributed by atoms with Gasteiger partial charge in [-0.2, -0.15) is 0 Å². The lowest BCUT2D eigenvalue weighted by Gasteiger charge is -2.21. The van der Waals surface area contributed by atoms with Gasteiger partial charge in [-0.15, -0.1) is 0 Å². The third-order valence-corrected chi connectivity index (χ3v) is 7.73. The number of nitrogens with one attached hydrogen (secondary N) is 4. The molecule has 1 atom stereocenters. The van der Waals surface area contributed by atoms with E-state index in [4.69, 9.17) is 4.74 Å². The molecule has 0 bridgehead atoms. The number of rotatable bonds is 7. The van der Waals surface area contributed by atoms with Crippen molar-refractivity contribution in [2.75, 3.05) is 30.8 Å². The van der Waals surface area contributed by atoms with Crippen molar-refractivity contribution in [2.45, 2.75) is 45.6 Å². The van der Waals surface area contributed by atoms with E-state index in [1.54, 1.807) is 7.11 Å². The zero-order valence-electron chi connectivity index (χ0n) is 24.7. The van der Waals surface area contributed by atoms with Gasteiger partial charge in [0.1, 0.15) is 5.75 Å². The van der Waals surface area contributed by atoms with E-state index in [2.05, 4.69) is 47.0 Å². The average molecular weight is 566 g/mol. The maximum atomic E-state index is 13.1. The molecule has 0 saturated carbocycles. The van der Waals surface area contributed by atoms with Crippen LogP contribution >= 0.6 is 0 Å². The maximum absolute atomic E-state index is 13.1. The lowest BCUT2D eigenvalue weighted by Crippen LogP contribution is -2.40. The molecule has 2 heterocycles. The molecule has 1 aromatic heterocycles. The van der Waals surface area contributed by atoms with Gasteiger partial charge in [-0.05, 0) is 65.6 Å². The zero-order chi connectivity index (χ0) is 29.7. The Bertz CT molecular complexity index is 1570. The number of ether oxygens (including phenoxy) is 1. The number of urea groups is 1. The van der Waals surface area contributed by atoms with Crippen LogP contribution in [0.3, 0.4) is 0 Å². The Balaban J connectivity index is 1.31. The van der Waals surface area contributed by atoms with Gasteiger partial charge in [0.2, 0.25) is 5.91 Å². The van der Waals surface area contributed by atoms with Crippen LogP contribution in [-0.4, -0.2) is 37.1 Å². The Hall–Kier alpha value is -4.43. The van der Waals surface area contributed by atoms with E-state index in [0.29, 0.717) is 23.7 Å². The highest BCUT2D eigenvalue weighted by molar-refractivity contribution is 6.10. The molecule has 1 aliphatic heterocycles. The van der Waals surface area contributed by atoms with E-state index in [1.807, 2.05) is 72.9 Å². The number of carbonyl (C=O) groups is 2. The van der Waals surface area contributed by atoms with Crippen LogP contribution in [0.5, 0.6) is 5.75 Å². The standard InChI is InChI=1S/C34H39N5O3/c1-34(2,3)24-12-16-31(42-4)30(18-24)39-33(41)38-29-15-14-26(27-9-5-6-10-28(27)29)22-11-13-25(36-20-22)21-37-32(40)23-8-7-17-35-19-23/h5-6,9-16,18,20,23,35H,7-8,17,19,21H2,1-4H3,(H,37,40)(H2,38,39,41). The van der Waals surface area contributed by atoms with E-state index < -0.39 is 0 Å². The van der Waals surface area contributed by atoms with Crippen molar-refractivity contribution in [3.05, 3.63) is 84.2 Å². The molecule has 3 amide bonds. The van der Waals surface area contributed by atoms with Gasteiger partial charge in [0.15, 0.2) is 0 Å². The van der Waals surface area contributed by atoms with Crippen LogP contribution in [0.1, 0.15) is 44.9 Å². The number of amides is 3. The fourth-order valence-corrected chi connectivity index (χ4v) is 5.29. The predicted molar refractivity (Wildman–Crippen MR) is 169 cm³/mol. The summed E-state index contributed by atoms with van der Waals surface area (Å²) >= 11 is 0. The van der Waals surface area contributed by atoms with E-state index in [0.717, 1.165) is 59.1 Å². The fraction of sp³-hybridized carbons (Fsp3) is 0.324. The SMILES string of the molecule is COc1ccc(C(C)(C)C)cc1NC(=O)Nc1ccc(-c2ccc(CNC(=O)C3CCCNC3)nc2)c2ccccc12. The lowest BCUT2D eigenvalue weighted by atomic mass is 9.87. The van der Waals surface area contributed by atoms with Gasteiger partial charge in [0, 0.05) is 23.7 Å². The first-order chi connectivity index (χ1) is 20.2. The van der Waals surface area contributed by atoms with Gasteiger partial charge in [0.05, 0.1) is 36.6 Å². The van der Waals surface area contributed by atoms with E-state index >= 15 is 0 Å². The van der Waals surface area contributed by atoms with Gasteiger partial charge in [-0.1, -0.05) is 63.2 Å². The molecule has 1 saturated heterocycles. The van der Waals surface area contributed by atoms with Crippen molar-refractivity contribution in [2.24, 2.45) is 5.92 Å². The Labute approximate surface area is 247 Å². The summed E-state index contributed by atoms with van der Waals surface area (Å²) in [6.07, 6.45) is 3.78. The molecule has 8 nitrogen and oxygen atoms in total. The third-order valence-electron chi connectivity index (χ3n) is 7.73. The fourth-order valence-electron chi connectivity index (χ4n) is 5.29. The molecule has 42 heavy (non-hydrogen) atoms. The molecule has 4 aromatic rings. The van der Waals surface area contributed by atoms with E-state index in [9.17, 15) is 9.59 Å². The Morgan fingerprint density at radius 1 is 0.976 bits per heavy atom. The first-order valence-electron chi connectivity index (χ1n) is 14.4. The van der Waals surface area contributed by atoms with Crippen LogP contribution in [0.15, 0.2) is 72.9 Å². The number of piperidine rings is 1. The second-order valence-corrected chi connectivity index (χ2v) is 11.7. The number of carbonyl (C=O) groups excluding carboxylic acids is 2. The van der Waals surface area contributed by atoms with E-state index in [1.165, 1.54) is 0 Å². The molecule has 1 fully saturated rings. The molecule has 218 valence electrons. The van der Waals surface area contributed by atoms with Crippen LogP contribution < -0.4 is 26.0 Å². The number of nitrogens with zero attached hydrogens (tertiary/aromatic N) is 1. The topological polar surface area (TPSA) is 104 Å². The number of pyridine rings is 1. The minimum absolute atomic E-state index is 0.0225. The molecule has 0 aliphatic carbocycles. The summed E-state index contributed by atoms with van der Waals surface area (Å²) in [6, 6.07) is 21.3. The van der Waals surface area contributed by atoms with Crippen molar-refractivity contribution >= 4 is 34.1 Å². The Morgan fingerprint density at radius 3 is 2.45 bits per heavy atom. The number of fused-ring (bicyclic) bond motifs is 1. The van der Waals surface area contributed by atoms with Crippen LogP contribution in [0, 0.1) is 5.92 Å². The predicted octanol–water partition coefficient (Wildman–Crippen LogP) is 6.47. The summed E-state index contributed by atoms with van der Waals surface area (Å²) in [5, 5.41) is 14.2. The Morgan fingerprint density at radius 2 is 1.76 bits per heavy atom. The number of anilines is 2. The van der Waals surface area contributed by atoms with Crippen molar-refractivity contribution in [1.29, 1.82) is 0 Å². The monoisotopic (exact) mass is 565 g/mol. The molecule has 1 unspecified atom stereocenters. The molecule has 4 N–H and O–H groups in total. The van der Waals surface area contributed by atoms with Crippen molar-refractivity contribution in [3.63, 3.8) is 0 Å². The molecule has 0 spiro atoms. The van der Waals surface area contributed by atoms with Crippen molar-refractivity contribution in [1.82, 2.24) is 15.6 Å². The van der Waals surface area contributed by atoms with Gasteiger partial charge in [0.25, 0.3) is 0 Å². The van der Waals surface area contributed by atoms with Gasteiger partial charge < -0.3 is 26.0 Å². The number of aromatic nitrogens is 1. The summed E-state index contributed by atoms with van der Waals surface area (Å²) in [4.78, 5) is 30.2. The molecular formula is C34H39N5O3. The molecule has 8 heteroatoms. The van der Waals surface area contributed by atoms with Crippen LogP contribution in [0.25, 0.3) is 21.9 Å². The van der Waals surface area contributed by atoms with Crippen LogP contribution in [0.4, 0.5) is 16.2 Å². The molecule has 0 radical (unpaired) electrons. The maximum Gasteiger partial charge on any atom is 0.323 e.